The van der Waals surface area contributed by atoms with Crippen LogP contribution in [0.4, 0.5) is 0 Å². The van der Waals surface area contributed by atoms with Crippen LogP contribution >= 0.6 is 27.3 Å². The number of carbonyl (C=O) groups excluding carboxylic acids is 1. The molecule has 0 spiro atoms. The third-order valence-electron chi connectivity index (χ3n) is 1.81. The van der Waals surface area contributed by atoms with Crippen LogP contribution in [0.1, 0.15) is 16.2 Å². The maximum absolute atomic E-state index is 11.5. The van der Waals surface area contributed by atoms with Crippen LogP contribution in [0.25, 0.3) is 0 Å². The predicted molar refractivity (Wildman–Crippen MR) is 62.5 cm³/mol. The first-order valence-electron chi connectivity index (χ1n) is 4.35. The van der Waals surface area contributed by atoms with Crippen molar-refractivity contribution in [1.82, 2.24) is 10.3 Å². The number of amides is 1. The highest BCUT2D eigenvalue weighted by molar-refractivity contribution is 9.10. The van der Waals surface area contributed by atoms with Crippen LogP contribution < -0.4 is 10.2 Å². The zero-order valence-corrected chi connectivity index (χ0v) is 10.4. The summed E-state index contributed by atoms with van der Waals surface area (Å²) >= 11 is 4.17. The maximum Gasteiger partial charge on any atom is 0.304 e. The Morgan fingerprint density at radius 2 is 2.38 bits per heavy atom. The number of halogens is 1. The van der Waals surface area contributed by atoms with Crippen molar-refractivity contribution in [2.24, 2.45) is 0 Å². The van der Waals surface area contributed by atoms with E-state index in [9.17, 15) is 9.59 Å². The Morgan fingerprint density at radius 1 is 1.56 bits per heavy atom. The number of hydrogen-bond donors (Lipinski definition) is 2. The first kappa shape index (κ1) is 11.2. The van der Waals surface area contributed by atoms with Gasteiger partial charge in [0, 0.05) is 11.1 Å². The number of hydrogen-bond acceptors (Lipinski definition) is 4. The highest BCUT2D eigenvalue weighted by Crippen LogP contribution is 2.13. The average Bonchev–Trinajstić information content (AvgIpc) is 2.84. The number of aromatic nitrogens is 1. The standard InChI is InChI=1S/C9H7BrN2O3S/c10-7-2-1-6(15-7)8(13)11-3-5-4-16-9(14)12-5/h1-2,4H,3H2,(H,11,13)(H,12,14). The molecule has 0 fully saturated rings. The minimum Gasteiger partial charge on any atom is -0.444 e. The molecular weight excluding hydrogens is 296 g/mol. The Balaban J connectivity index is 1.96. The molecule has 5 nitrogen and oxygen atoms in total. The maximum atomic E-state index is 11.5. The zero-order chi connectivity index (χ0) is 11.5. The summed E-state index contributed by atoms with van der Waals surface area (Å²) < 4.78 is 5.58. The second-order valence-corrected chi connectivity index (χ2v) is 4.58. The van der Waals surface area contributed by atoms with Gasteiger partial charge in [-0.05, 0) is 28.1 Å². The second-order valence-electron chi connectivity index (χ2n) is 2.96. The van der Waals surface area contributed by atoms with E-state index >= 15 is 0 Å². The van der Waals surface area contributed by atoms with Crippen LogP contribution in [0.3, 0.4) is 0 Å². The van der Waals surface area contributed by atoms with Crippen molar-refractivity contribution in [1.29, 1.82) is 0 Å². The second kappa shape index (κ2) is 4.67. The molecule has 0 aliphatic heterocycles. The van der Waals surface area contributed by atoms with Crippen LogP contribution in [0.15, 0.2) is 31.4 Å². The fourth-order valence-corrected chi connectivity index (χ4v) is 1.99. The van der Waals surface area contributed by atoms with Crippen LogP contribution in [-0.4, -0.2) is 10.9 Å². The molecule has 0 bridgehead atoms. The molecule has 7 heteroatoms. The zero-order valence-electron chi connectivity index (χ0n) is 7.95. The average molecular weight is 303 g/mol. The van der Waals surface area contributed by atoms with Gasteiger partial charge >= 0.3 is 4.87 Å². The summed E-state index contributed by atoms with van der Waals surface area (Å²) in [6.45, 7) is 0.274. The largest absolute Gasteiger partial charge is 0.444 e. The first-order valence-corrected chi connectivity index (χ1v) is 6.02. The smallest absolute Gasteiger partial charge is 0.304 e. The van der Waals surface area contributed by atoms with Crippen molar-refractivity contribution >= 4 is 33.2 Å². The fourth-order valence-electron chi connectivity index (χ4n) is 1.10. The molecule has 0 saturated heterocycles. The van der Waals surface area contributed by atoms with Gasteiger partial charge in [-0.25, -0.2) is 0 Å². The van der Waals surface area contributed by atoms with Crippen molar-refractivity contribution in [2.45, 2.75) is 6.54 Å². The molecule has 1 amide bonds. The van der Waals surface area contributed by atoms with Crippen molar-refractivity contribution < 1.29 is 9.21 Å². The fraction of sp³-hybridized carbons (Fsp3) is 0.111. The van der Waals surface area contributed by atoms with Crippen LogP contribution in [0.2, 0.25) is 0 Å². The lowest BCUT2D eigenvalue weighted by Crippen LogP contribution is -2.22. The Morgan fingerprint density at radius 3 is 2.94 bits per heavy atom. The molecule has 84 valence electrons. The number of thiazole rings is 1. The molecule has 0 radical (unpaired) electrons. The minimum atomic E-state index is -0.322. The lowest BCUT2D eigenvalue weighted by atomic mass is 10.4. The molecular formula is C9H7BrN2O3S. The highest BCUT2D eigenvalue weighted by atomic mass is 79.9. The molecule has 2 aromatic heterocycles. The summed E-state index contributed by atoms with van der Waals surface area (Å²) in [5, 5.41) is 4.29. The monoisotopic (exact) mass is 302 g/mol. The van der Waals surface area contributed by atoms with Crippen LogP contribution in [-0.2, 0) is 6.54 Å². The van der Waals surface area contributed by atoms with Gasteiger partial charge in [-0.2, -0.15) is 0 Å². The Labute approximate surface area is 103 Å². The van der Waals surface area contributed by atoms with Crippen LogP contribution in [0.5, 0.6) is 0 Å². The first-order chi connectivity index (χ1) is 7.65. The lowest BCUT2D eigenvalue weighted by molar-refractivity contribution is 0.0921. The van der Waals surface area contributed by atoms with Gasteiger partial charge in [-0.3, -0.25) is 9.59 Å². The summed E-state index contributed by atoms with van der Waals surface area (Å²) in [6.07, 6.45) is 0. The Kier molecular flexibility index (Phi) is 3.25. The van der Waals surface area contributed by atoms with Crippen molar-refractivity contribution in [2.75, 3.05) is 0 Å². The van der Waals surface area contributed by atoms with Crippen molar-refractivity contribution in [3.8, 4) is 0 Å². The summed E-state index contributed by atoms with van der Waals surface area (Å²) in [6, 6.07) is 3.21. The van der Waals surface area contributed by atoms with Crippen molar-refractivity contribution in [3.05, 3.63) is 43.3 Å². The molecule has 0 aliphatic carbocycles. The predicted octanol–water partition coefficient (Wildman–Crippen LogP) is 1.72. The third kappa shape index (κ3) is 2.61. The third-order valence-corrected chi connectivity index (χ3v) is 2.95. The summed E-state index contributed by atoms with van der Waals surface area (Å²) in [5.74, 6) is -0.0952. The van der Waals surface area contributed by atoms with E-state index in [0.29, 0.717) is 10.4 Å². The molecule has 0 aromatic carbocycles. The molecule has 2 N–H and O–H groups in total. The molecule has 0 unspecified atom stereocenters. The minimum absolute atomic E-state index is 0.134. The van der Waals surface area contributed by atoms with Crippen LogP contribution in [0, 0.1) is 0 Å². The van der Waals surface area contributed by atoms with E-state index in [1.54, 1.807) is 17.5 Å². The quantitative estimate of drug-likeness (QED) is 0.906. The Hall–Kier alpha value is -1.34. The van der Waals surface area contributed by atoms with E-state index in [4.69, 9.17) is 4.42 Å². The van der Waals surface area contributed by atoms with Gasteiger partial charge < -0.3 is 14.7 Å². The number of rotatable bonds is 3. The molecule has 2 aromatic rings. The van der Waals surface area contributed by atoms with E-state index in [1.165, 1.54) is 0 Å². The normalized spacial score (nSPS) is 10.3. The van der Waals surface area contributed by atoms with Gasteiger partial charge in [-0.1, -0.05) is 11.3 Å². The topological polar surface area (TPSA) is 75.1 Å². The summed E-state index contributed by atoms with van der Waals surface area (Å²) in [4.78, 5) is 24.8. The molecule has 0 atom stereocenters. The van der Waals surface area contributed by atoms with Gasteiger partial charge in [0.05, 0.1) is 6.54 Å². The Bertz CT molecular complexity index is 557. The number of aromatic amines is 1. The SMILES string of the molecule is O=C(NCc1csc(=O)[nH]1)c1ccc(Br)o1. The highest BCUT2D eigenvalue weighted by Gasteiger charge is 2.09. The molecule has 2 heterocycles. The number of H-pyrrole nitrogens is 1. The lowest BCUT2D eigenvalue weighted by Gasteiger charge is -1.99. The summed E-state index contributed by atoms with van der Waals surface area (Å²) in [5.41, 5.74) is 0.675. The van der Waals surface area contributed by atoms with E-state index in [0.717, 1.165) is 11.3 Å². The molecule has 0 aliphatic rings. The van der Waals surface area contributed by atoms with Gasteiger partial charge in [-0.15, -0.1) is 0 Å². The van der Waals surface area contributed by atoms with Gasteiger partial charge in [0.25, 0.3) is 5.91 Å². The van der Waals surface area contributed by atoms with E-state index in [-0.39, 0.29) is 23.1 Å². The van der Waals surface area contributed by atoms with Crippen molar-refractivity contribution in [3.63, 3.8) is 0 Å². The number of nitrogens with one attached hydrogen (secondary N) is 2. The van der Waals surface area contributed by atoms with Gasteiger partial charge in [0.15, 0.2) is 10.4 Å². The van der Waals surface area contributed by atoms with E-state index < -0.39 is 0 Å². The molecule has 0 saturated carbocycles. The van der Waals surface area contributed by atoms with E-state index in [2.05, 4.69) is 26.2 Å². The number of carbonyl (C=O) groups is 1. The van der Waals surface area contributed by atoms with Gasteiger partial charge in [0.1, 0.15) is 0 Å². The number of furan rings is 1. The van der Waals surface area contributed by atoms with E-state index in [1.807, 2.05) is 0 Å². The molecule has 2 rings (SSSR count). The molecule has 16 heavy (non-hydrogen) atoms. The van der Waals surface area contributed by atoms with Gasteiger partial charge in [0.2, 0.25) is 0 Å². The summed E-state index contributed by atoms with van der Waals surface area (Å²) in [7, 11) is 0.